The highest BCUT2D eigenvalue weighted by Gasteiger charge is 2.13. The molecule has 100 valence electrons. The van der Waals surface area contributed by atoms with Crippen molar-refractivity contribution in [2.45, 2.75) is 0 Å². The molecule has 2 heterocycles. The third kappa shape index (κ3) is 1.87. The molecule has 1 N–H and O–H groups in total. The van der Waals surface area contributed by atoms with Gasteiger partial charge in [-0.15, -0.1) is 0 Å². The summed E-state index contributed by atoms with van der Waals surface area (Å²) >= 11 is 0. The number of carboxylic acid groups (broad SMARTS) is 1. The number of carboxylic acids is 1. The summed E-state index contributed by atoms with van der Waals surface area (Å²) < 4.78 is 6.78. The molecule has 0 amide bonds. The number of rotatable bonds is 3. The van der Waals surface area contributed by atoms with Crippen molar-refractivity contribution in [2.75, 3.05) is 7.11 Å². The Labute approximate surface area is 114 Å². The molecular formula is C14H11N3O3. The van der Waals surface area contributed by atoms with Crippen molar-refractivity contribution in [1.29, 1.82) is 0 Å². The average Bonchev–Trinajstić information content (AvgIpc) is 2.90. The number of aromatic nitrogens is 3. The van der Waals surface area contributed by atoms with Gasteiger partial charge in [0.1, 0.15) is 23.2 Å². The van der Waals surface area contributed by atoms with E-state index >= 15 is 0 Å². The van der Waals surface area contributed by atoms with Gasteiger partial charge in [-0.25, -0.2) is 14.8 Å². The first-order chi connectivity index (χ1) is 9.70. The Kier molecular flexibility index (Phi) is 2.83. The lowest BCUT2D eigenvalue weighted by Gasteiger charge is -2.08. The van der Waals surface area contributed by atoms with E-state index in [2.05, 4.69) is 9.97 Å². The Morgan fingerprint density at radius 3 is 2.90 bits per heavy atom. The molecule has 3 aromatic rings. The van der Waals surface area contributed by atoms with Gasteiger partial charge in [-0.1, -0.05) is 0 Å². The summed E-state index contributed by atoms with van der Waals surface area (Å²) in [6.07, 6.45) is 3.28. The van der Waals surface area contributed by atoms with Crippen LogP contribution in [-0.2, 0) is 0 Å². The van der Waals surface area contributed by atoms with Crippen molar-refractivity contribution in [3.8, 4) is 11.4 Å². The molecular weight excluding hydrogens is 258 g/mol. The van der Waals surface area contributed by atoms with Gasteiger partial charge in [0, 0.05) is 11.9 Å². The number of imidazole rings is 1. The lowest BCUT2D eigenvalue weighted by atomic mass is 10.1. The monoisotopic (exact) mass is 269 g/mol. The van der Waals surface area contributed by atoms with Crippen LogP contribution in [-0.4, -0.2) is 32.7 Å². The van der Waals surface area contributed by atoms with Crippen molar-refractivity contribution in [3.63, 3.8) is 0 Å². The van der Waals surface area contributed by atoms with Gasteiger partial charge in [0.05, 0.1) is 7.11 Å². The van der Waals surface area contributed by atoms with Gasteiger partial charge in [-0.05, 0) is 30.3 Å². The van der Waals surface area contributed by atoms with Crippen molar-refractivity contribution >= 4 is 17.1 Å². The molecule has 0 saturated carbocycles. The van der Waals surface area contributed by atoms with E-state index in [-0.39, 0.29) is 5.56 Å². The number of pyridine rings is 1. The van der Waals surface area contributed by atoms with Crippen LogP contribution in [0.25, 0.3) is 16.9 Å². The molecule has 0 atom stereocenters. The van der Waals surface area contributed by atoms with E-state index in [1.165, 1.54) is 13.2 Å². The quantitative estimate of drug-likeness (QED) is 0.788. The number of ether oxygens (including phenoxy) is 1. The van der Waals surface area contributed by atoms with Crippen LogP contribution in [0.15, 0.2) is 42.9 Å². The molecule has 0 unspecified atom stereocenters. The van der Waals surface area contributed by atoms with Crippen molar-refractivity contribution < 1.29 is 14.6 Å². The van der Waals surface area contributed by atoms with Gasteiger partial charge in [-0.3, -0.25) is 4.57 Å². The number of nitrogens with zero attached hydrogens (tertiary/aromatic N) is 3. The van der Waals surface area contributed by atoms with E-state index in [1.54, 1.807) is 35.3 Å². The molecule has 1 aromatic carbocycles. The van der Waals surface area contributed by atoms with Crippen molar-refractivity contribution in [2.24, 2.45) is 0 Å². The van der Waals surface area contributed by atoms with Crippen LogP contribution in [0.3, 0.4) is 0 Å². The fourth-order valence-electron chi connectivity index (χ4n) is 2.05. The predicted octanol–water partition coefficient (Wildman–Crippen LogP) is 2.13. The van der Waals surface area contributed by atoms with Crippen LogP contribution in [0, 0.1) is 0 Å². The SMILES string of the molecule is COc1ccc(-n2cnc3cccnc32)cc1C(=O)O. The zero-order valence-electron chi connectivity index (χ0n) is 10.6. The standard InChI is InChI=1S/C14H11N3O3/c1-20-12-5-4-9(7-10(12)14(18)19)17-8-16-11-3-2-6-15-13(11)17/h2-8H,1H3,(H,18,19). The van der Waals surface area contributed by atoms with Crippen LogP contribution in [0.4, 0.5) is 0 Å². The minimum absolute atomic E-state index is 0.0998. The Bertz CT molecular complexity index is 795. The minimum atomic E-state index is -1.04. The van der Waals surface area contributed by atoms with E-state index in [1.807, 2.05) is 6.07 Å². The van der Waals surface area contributed by atoms with E-state index in [0.717, 1.165) is 5.52 Å². The second kappa shape index (κ2) is 4.65. The fourth-order valence-corrected chi connectivity index (χ4v) is 2.05. The Morgan fingerprint density at radius 2 is 2.15 bits per heavy atom. The molecule has 0 aliphatic carbocycles. The summed E-state index contributed by atoms with van der Waals surface area (Å²) in [5.74, 6) is -0.722. The highest BCUT2D eigenvalue weighted by Crippen LogP contribution is 2.23. The van der Waals surface area contributed by atoms with E-state index in [9.17, 15) is 9.90 Å². The highest BCUT2D eigenvalue weighted by atomic mass is 16.5. The highest BCUT2D eigenvalue weighted by molar-refractivity contribution is 5.91. The molecule has 0 bridgehead atoms. The molecule has 2 aromatic heterocycles. The van der Waals surface area contributed by atoms with Gasteiger partial charge >= 0.3 is 5.97 Å². The van der Waals surface area contributed by atoms with Gasteiger partial charge in [0.2, 0.25) is 0 Å². The van der Waals surface area contributed by atoms with Crippen LogP contribution < -0.4 is 4.74 Å². The lowest BCUT2D eigenvalue weighted by Crippen LogP contribution is -2.03. The van der Waals surface area contributed by atoms with Crippen molar-refractivity contribution in [1.82, 2.24) is 14.5 Å². The Balaban J connectivity index is 2.20. The molecule has 0 aliphatic rings. The van der Waals surface area contributed by atoms with E-state index < -0.39 is 5.97 Å². The third-order valence-corrected chi connectivity index (χ3v) is 3.00. The first-order valence-electron chi connectivity index (χ1n) is 5.90. The normalized spacial score (nSPS) is 10.7. The van der Waals surface area contributed by atoms with Gasteiger partial charge in [0.15, 0.2) is 5.65 Å². The number of benzene rings is 1. The number of methoxy groups -OCH3 is 1. The predicted molar refractivity (Wildman–Crippen MR) is 72.4 cm³/mol. The molecule has 0 fully saturated rings. The topological polar surface area (TPSA) is 77.2 Å². The number of hydrogen-bond donors (Lipinski definition) is 1. The summed E-state index contributed by atoms with van der Waals surface area (Å²) in [5.41, 5.74) is 2.20. The molecule has 0 saturated heterocycles. The first-order valence-corrected chi connectivity index (χ1v) is 5.90. The maximum Gasteiger partial charge on any atom is 0.339 e. The average molecular weight is 269 g/mol. The first kappa shape index (κ1) is 12.2. The molecule has 0 radical (unpaired) electrons. The second-order valence-electron chi connectivity index (χ2n) is 4.15. The molecule has 0 aliphatic heterocycles. The summed E-state index contributed by atoms with van der Waals surface area (Å²) in [6.45, 7) is 0. The molecule has 3 rings (SSSR count). The van der Waals surface area contributed by atoms with Gasteiger partial charge in [0.25, 0.3) is 0 Å². The molecule has 6 nitrogen and oxygen atoms in total. The maximum absolute atomic E-state index is 11.2. The summed E-state index contributed by atoms with van der Waals surface area (Å²) in [7, 11) is 1.44. The number of carbonyl (C=O) groups is 1. The molecule has 0 spiro atoms. The number of aromatic carboxylic acids is 1. The second-order valence-corrected chi connectivity index (χ2v) is 4.15. The number of hydrogen-bond acceptors (Lipinski definition) is 4. The zero-order valence-corrected chi connectivity index (χ0v) is 10.6. The van der Waals surface area contributed by atoms with E-state index in [0.29, 0.717) is 17.1 Å². The molecule has 6 heteroatoms. The number of fused-ring (bicyclic) bond motifs is 1. The summed E-state index contributed by atoms with van der Waals surface area (Å²) in [5, 5.41) is 9.21. The lowest BCUT2D eigenvalue weighted by molar-refractivity contribution is 0.0693. The van der Waals surface area contributed by atoms with Crippen LogP contribution in [0.2, 0.25) is 0 Å². The van der Waals surface area contributed by atoms with E-state index in [4.69, 9.17) is 4.74 Å². The van der Waals surface area contributed by atoms with Gasteiger partial charge < -0.3 is 9.84 Å². The fraction of sp³-hybridized carbons (Fsp3) is 0.0714. The largest absolute Gasteiger partial charge is 0.496 e. The van der Waals surface area contributed by atoms with Crippen molar-refractivity contribution in [3.05, 3.63) is 48.4 Å². The summed E-state index contributed by atoms with van der Waals surface area (Å²) in [4.78, 5) is 19.7. The van der Waals surface area contributed by atoms with Crippen LogP contribution in [0.5, 0.6) is 5.75 Å². The Morgan fingerprint density at radius 1 is 1.30 bits per heavy atom. The summed E-state index contributed by atoms with van der Waals surface area (Å²) in [6, 6.07) is 8.57. The third-order valence-electron chi connectivity index (χ3n) is 3.00. The van der Waals surface area contributed by atoms with Crippen LogP contribution >= 0.6 is 0 Å². The Hall–Kier alpha value is -2.89. The minimum Gasteiger partial charge on any atom is -0.496 e. The maximum atomic E-state index is 11.2. The van der Waals surface area contributed by atoms with Crippen LogP contribution in [0.1, 0.15) is 10.4 Å². The molecule has 20 heavy (non-hydrogen) atoms. The zero-order chi connectivity index (χ0) is 14.1. The van der Waals surface area contributed by atoms with Gasteiger partial charge in [-0.2, -0.15) is 0 Å². The smallest absolute Gasteiger partial charge is 0.339 e.